The van der Waals surface area contributed by atoms with Crippen molar-refractivity contribution in [1.29, 1.82) is 0 Å². The van der Waals surface area contributed by atoms with E-state index in [1.165, 1.54) is 16.7 Å². The quantitative estimate of drug-likeness (QED) is 0.473. The lowest BCUT2D eigenvalue weighted by Gasteiger charge is -2.41. The zero-order chi connectivity index (χ0) is 25.9. The Bertz CT molecular complexity index is 1300. The number of amides is 1. The topological polar surface area (TPSA) is 85.8 Å². The number of aromatic nitrogens is 2. The minimum atomic E-state index is 0.0556. The Labute approximate surface area is 218 Å². The fraction of sp³-hybridized carbons (Fsp3) is 0.379. The second kappa shape index (κ2) is 10.7. The van der Waals surface area contributed by atoms with Gasteiger partial charge in [-0.3, -0.25) is 14.7 Å². The van der Waals surface area contributed by atoms with Crippen molar-refractivity contribution in [1.82, 2.24) is 19.8 Å². The van der Waals surface area contributed by atoms with Crippen molar-refractivity contribution in [2.45, 2.75) is 45.7 Å². The summed E-state index contributed by atoms with van der Waals surface area (Å²) < 4.78 is 0. The van der Waals surface area contributed by atoms with E-state index in [1.807, 2.05) is 36.3 Å². The van der Waals surface area contributed by atoms with E-state index in [9.17, 15) is 4.79 Å². The lowest BCUT2D eigenvalue weighted by molar-refractivity contribution is 0.0547. The van der Waals surface area contributed by atoms with E-state index in [0.29, 0.717) is 23.2 Å². The highest BCUT2D eigenvalue weighted by Gasteiger charge is 2.31. The minimum Gasteiger partial charge on any atom is -0.386 e. The Hall–Kier alpha value is -3.78. The van der Waals surface area contributed by atoms with E-state index in [4.69, 9.17) is 4.98 Å². The molecule has 2 aliphatic rings. The number of carbonyl (C=O) groups is 1. The molecule has 0 bridgehead atoms. The van der Waals surface area contributed by atoms with Gasteiger partial charge in [-0.05, 0) is 74.9 Å². The first-order chi connectivity index (χ1) is 17.9. The average Bonchev–Trinajstić information content (AvgIpc) is 2.91. The van der Waals surface area contributed by atoms with Crippen LogP contribution < -0.4 is 10.6 Å². The predicted octanol–water partition coefficient (Wildman–Crippen LogP) is 4.87. The largest absolute Gasteiger partial charge is 0.386 e. The number of likely N-dealkylation sites (tertiary alicyclic amines) is 1. The van der Waals surface area contributed by atoms with E-state index in [2.05, 4.69) is 64.3 Å². The van der Waals surface area contributed by atoms with Gasteiger partial charge in [-0.1, -0.05) is 6.07 Å². The fourth-order valence-corrected chi connectivity index (χ4v) is 5.51. The molecule has 1 saturated heterocycles. The van der Waals surface area contributed by atoms with Crippen molar-refractivity contribution in [2.75, 3.05) is 37.3 Å². The molecular weight excluding hydrogens is 462 g/mol. The summed E-state index contributed by atoms with van der Waals surface area (Å²) >= 11 is 0. The van der Waals surface area contributed by atoms with Crippen LogP contribution in [-0.2, 0) is 13.0 Å². The molecule has 37 heavy (non-hydrogen) atoms. The first-order valence-electron chi connectivity index (χ1n) is 13.0. The van der Waals surface area contributed by atoms with Gasteiger partial charge in [-0.15, -0.1) is 0 Å². The van der Waals surface area contributed by atoms with Gasteiger partial charge in [0.25, 0.3) is 5.91 Å². The average molecular weight is 498 g/mol. The highest BCUT2D eigenvalue weighted by Crippen LogP contribution is 2.28. The number of piperidine rings is 1. The minimum absolute atomic E-state index is 0.0556. The van der Waals surface area contributed by atoms with Gasteiger partial charge in [0.1, 0.15) is 0 Å². The number of hydrogen-bond acceptors (Lipinski definition) is 7. The number of anilines is 3. The summed E-state index contributed by atoms with van der Waals surface area (Å²) in [7, 11) is 1.84. The number of aryl methyl sites for hydroxylation is 2. The van der Waals surface area contributed by atoms with E-state index >= 15 is 0 Å². The monoisotopic (exact) mass is 497 g/mol. The molecule has 192 valence electrons. The summed E-state index contributed by atoms with van der Waals surface area (Å²) in [4.78, 5) is 31.3. The third kappa shape index (κ3) is 5.49. The lowest BCUT2D eigenvalue weighted by Crippen LogP contribution is -2.51. The van der Waals surface area contributed by atoms with Gasteiger partial charge < -0.3 is 15.5 Å². The van der Waals surface area contributed by atoms with Crippen LogP contribution in [-0.4, -0.2) is 65.1 Å². The van der Waals surface area contributed by atoms with Crippen LogP contribution >= 0.6 is 0 Å². The second-order valence-corrected chi connectivity index (χ2v) is 10.1. The summed E-state index contributed by atoms with van der Waals surface area (Å²) in [5, 5.41) is 6.46. The van der Waals surface area contributed by atoms with Gasteiger partial charge in [0, 0.05) is 68.7 Å². The number of rotatable bonds is 6. The molecule has 5 rings (SSSR count). The Balaban J connectivity index is 1.25. The molecule has 8 nitrogen and oxygen atoms in total. The molecule has 0 saturated carbocycles. The Kier molecular flexibility index (Phi) is 7.19. The molecule has 8 heteroatoms. The molecule has 3 aromatic rings. The summed E-state index contributed by atoms with van der Waals surface area (Å²) in [5.41, 5.74) is 7.93. The highest BCUT2D eigenvalue weighted by molar-refractivity contribution is 5.96. The second-order valence-electron chi connectivity index (χ2n) is 10.1. The summed E-state index contributed by atoms with van der Waals surface area (Å²) in [6, 6.07) is 12.3. The molecule has 1 unspecified atom stereocenters. The molecule has 1 amide bonds. The van der Waals surface area contributed by atoms with Crippen LogP contribution in [0.1, 0.15) is 45.6 Å². The smallest absolute Gasteiger partial charge is 0.253 e. The van der Waals surface area contributed by atoms with Crippen LogP contribution in [0.5, 0.6) is 0 Å². The number of nitrogens with one attached hydrogen (secondary N) is 2. The Morgan fingerprint density at radius 3 is 2.70 bits per heavy atom. The molecule has 0 spiro atoms. The van der Waals surface area contributed by atoms with Crippen molar-refractivity contribution in [3.05, 3.63) is 70.5 Å². The molecule has 2 aliphatic heterocycles. The SMILES string of the molecule is C=Nc1cc(C(=O)N2CCCC(N3CCc4nc(Nc5cc(C)cc(C)c5)ncc4C3)C2)ccc1NC. The van der Waals surface area contributed by atoms with Gasteiger partial charge in [0.15, 0.2) is 0 Å². The maximum absolute atomic E-state index is 13.3. The molecule has 1 fully saturated rings. The molecule has 2 N–H and O–H groups in total. The first-order valence-corrected chi connectivity index (χ1v) is 13.0. The van der Waals surface area contributed by atoms with E-state index in [-0.39, 0.29) is 5.91 Å². The maximum atomic E-state index is 13.3. The van der Waals surface area contributed by atoms with Crippen LogP contribution in [0.4, 0.5) is 23.0 Å². The summed E-state index contributed by atoms with van der Waals surface area (Å²) in [6.45, 7) is 11.1. The lowest BCUT2D eigenvalue weighted by atomic mass is 9.99. The van der Waals surface area contributed by atoms with Gasteiger partial charge >= 0.3 is 0 Å². The van der Waals surface area contributed by atoms with Gasteiger partial charge in [-0.2, -0.15) is 0 Å². The highest BCUT2D eigenvalue weighted by atomic mass is 16.2. The van der Waals surface area contributed by atoms with Crippen molar-refractivity contribution in [3.63, 3.8) is 0 Å². The molecule has 0 radical (unpaired) electrons. The van der Waals surface area contributed by atoms with E-state index in [0.717, 1.165) is 62.5 Å². The summed E-state index contributed by atoms with van der Waals surface area (Å²) in [5.74, 6) is 0.699. The number of aliphatic imine (C=N–C) groups is 1. The van der Waals surface area contributed by atoms with Crippen LogP contribution in [0.3, 0.4) is 0 Å². The van der Waals surface area contributed by atoms with Crippen LogP contribution in [0.2, 0.25) is 0 Å². The standard InChI is InChI=1S/C29H35N7O/c1-19-12-20(2)14-23(13-19)33-29-32-16-22-17-35(11-9-25(22)34-29)24-6-5-10-36(18-24)28(37)21-7-8-26(30-3)27(15-21)31-4/h7-8,12-16,24,30H,4-6,9-11,17-18H2,1-3H3,(H,32,33,34). The maximum Gasteiger partial charge on any atom is 0.253 e. The third-order valence-corrected chi connectivity index (χ3v) is 7.33. The number of nitrogens with zero attached hydrogens (tertiary/aromatic N) is 5. The number of fused-ring (bicyclic) bond motifs is 1. The summed E-state index contributed by atoms with van der Waals surface area (Å²) in [6.07, 6.45) is 4.92. The number of hydrogen-bond donors (Lipinski definition) is 2. The van der Waals surface area contributed by atoms with Crippen molar-refractivity contribution in [3.8, 4) is 0 Å². The van der Waals surface area contributed by atoms with Crippen molar-refractivity contribution < 1.29 is 4.79 Å². The van der Waals surface area contributed by atoms with Crippen LogP contribution in [0.25, 0.3) is 0 Å². The zero-order valence-corrected chi connectivity index (χ0v) is 21.9. The Morgan fingerprint density at radius 2 is 1.95 bits per heavy atom. The predicted molar refractivity (Wildman–Crippen MR) is 149 cm³/mol. The fourth-order valence-electron chi connectivity index (χ4n) is 5.51. The number of carbonyl (C=O) groups excluding carboxylic acids is 1. The zero-order valence-electron chi connectivity index (χ0n) is 21.9. The molecule has 3 heterocycles. The number of benzene rings is 2. The molecule has 2 aromatic carbocycles. The molecule has 1 aromatic heterocycles. The van der Waals surface area contributed by atoms with Gasteiger partial charge in [-0.25, -0.2) is 9.97 Å². The molecular formula is C29H35N7O. The first kappa shape index (κ1) is 24.9. The molecule has 0 aliphatic carbocycles. The normalized spacial score (nSPS) is 17.7. The van der Waals surface area contributed by atoms with Gasteiger partial charge in [0.2, 0.25) is 5.95 Å². The molecule has 1 atom stereocenters. The Morgan fingerprint density at radius 1 is 1.14 bits per heavy atom. The van der Waals surface area contributed by atoms with Crippen LogP contribution in [0, 0.1) is 13.8 Å². The third-order valence-electron chi connectivity index (χ3n) is 7.33. The van der Waals surface area contributed by atoms with Gasteiger partial charge in [0.05, 0.1) is 17.1 Å². The van der Waals surface area contributed by atoms with Crippen molar-refractivity contribution >= 4 is 35.6 Å². The van der Waals surface area contributed by atoms with Crippen LogP contribution in [0.15, 0.2) is 47.6 Å². The van der Waals surface area contributed by atoms with E-state index in [1.54, 1.807) is 0 Å². The van der Waals surface area contributed by atoms with Crippen molar-refractivity contribution in [2.24, 2.45) is 4.99 Å². The van der Waals surface area contributed by atoms with E-state index < -0.39 is 0 Å².